The molecule has 0 bridgehead atoms. The lowest BCUT2D eigenvalue weighted by Crippen LogP contribution is -2.20. The highest BCUT2D eigenvalue weighted by molar-refractivity contribution is 5.89. The van der Waals surface area contributed by atoms with Crippen molar-refractivity contribution in [2.24, 2.45) is 5.73 Å². The van der Waals surface area contributed by atoms with Crippen LogP contribution in [0, 0.1) is 5.41 Å². The largest absolute Gasteiger partial charge is 0.370 e. The lowest BCUT2D eigenvalue weighted by atomic mass is 10.0. The first-order chi connectivity index (χ1) is 6.09. The van der Waals surface area contributed by atoms with Gasteiger partial charge in [0.15, 0.2) is 5.96 Å². The zero-order valence-electron chi connectivity index (χ0n) is 7.96. The van der Waals surface area contributed by atoms with E-state index < -0.39 is 0 Å². The fourth-order valence-corrected chi connectivity index (χ4v) is 1.11. The van der Waals surface area contributed by atoms with Gasteiger partial charge in [0.25, 0.3) is 0 Å². The van der Waals surface area contributed by atoms with Gasteiger partial charge in [-0.15, -0.1) is 0 Å². The number of benzene rings is 1. The molecule has 1 rings (SSSR count). The molecule has 0 unspecified atom stereocenters. The Morgan fingerprint density at radius 1 is 1.31 bits per heavy atom. The standard InChI is InChI=1S/C10H15N3/c1-7(2)8-3-5-9(6-4-8)13-10(11)12/h3-7H,1-2H3,(H4,11,12,13). The van der Waals surface area contributed by atoms with E-state index in [0.717, 1.165) is 5.69 Å². The summed E-state index contributed by atoms with van der Waals surface area (Å²) in [6.07, 6.45) is 0. The minimum absolute atomic E-state index is 0.0303. The van der Waals surface area contributed by atoms with Crippen LogP contribution in [0.25, 0.3) is 0 Å². The van der Waals surface area contributed by atoms with Gasteiger partial charge in [-0.25, -0.2) is 0 Å². The topological polar surface area (TPSA) is 61.9 Å². The van der Waals surface area contributed by atoms with E-state index in [-0.39, 0.29) is 5.96 Å². The molecular weight excluding hydrogens is 162 g/mol. The first kappa shape index (κ1) is 9.58. The molecule has 0 fully saturated rings. The second-order valence-electron chi connectivity index (χ2n) is 3.32. The fourth-order valence-electron chi connectivity index (χ4n) is 1.11. The zero-order valence-corrected chi connectivity index (χ0v) is 7.96. The van der Waals surface area contributed by atoms with Crippen LogP contribution >= 0.6 is 0 Å². The van der Waals surface area contributed by atoms with Crippen molar-refractivity contribution in [2.75, 3.05) is 5.32 Å². The Labute approximate surface area is 78.5 Å². The molecule has 0 amide bonds. The summed E-state index contributed by atoms with van der Waals surface area (Å²) in [5, 5.41) is 9.77. The normalized spacial score (nSPS) is 10.1. The fraction of sp³-hybridized carbons (Fsp3) is 0.300. The van der Waals surface area contributed by atoms with Gasteiger partial charge in [-0.3, -0.25) is 5.41 Å². The van der Waals surface area contributed by atoms with Gasteiger partial charge in [0.1, 0.15) is 0 Å². The summed E-state index contributed by atoms with van der Waals surface area (Å²) in [7, 11) is 0. The van der Waals surface area contributed by atoms with Gasteiger partial charge < -0.3 is 11.1 Å². The molecule has 0 aromatic heterocycles. The predicted octanol–water partition coefficient (Wildman–Crippen LogP) is 2.12. The molecule has 3 heteroatoms. The van der Waals surface area contributed by atoms with E-state index in [1.807, 2.05) is 24.3 Å². The van der Waals surface area contributed by atoms with Crippen molar-refractivity contribution in [3.05, 3.63) is 29.8 Å². The SMILES string of the molecule is CC(C)c1ccc(NC(=N)N)cc1. The molecule has 0 aliphatic rings. The number of rotatable bonds is 2. The van der Waals surface area contributed by atoms with E-state index in [1.54, 1.807) is 0 Å². The average molecular weight is 177 g/mol. The van der Waals surface area contributed by atoms with Gasteiger partial charge in [0.05, 0.1) is 0 Å². The zero-order chi connectivity index (χ0) is 9.84. The summed E-state index contributed by atoms with van der Waals surface area (Å²) < 4.78 is 0. The maximum atomic E-state index is 7.04. The molecule has 0 aliphatic carbocycles. The van der Waals surface area contributed by atoms with E-state index in [2.05, 4.69) is 19.2 Å². The van der Waals surface area contributed by atoms with Crippen molar-refractivity contribution < 1.29 is 0 Å². The van der Waals surface area contributed by atoms with E-state index in [0.29, 0.717) is 5.92 Å². The summed E-state index contributed by atoms with van der Waals surface area (Å²) in [6.45, 7) is 4.29. The molecule has 3 nitrogen and oxygen atoms in total. The first-order valence-corrected chi connectivity index (χ1v) is 4.30. The summed E-state index contributed by atoms with van der Waals surface area (Å²) >= 11 is 0. The Kier molecular flexibility index (Phi) is 2.90. The van der Waals surface area contributed by atoms with Crippen molar-refractivity contribution in [3.8, 4) is 0 Å². The molecule has 13 heavy (non-hydrogen) atoms. The average Bonchev–Trinajstić information content (AvgIpc) is 2.04. The first-order valence-electron chi connectivity index (χ1n) is 4.30. The Hall–Kier alpha value is -1.51. The number of nitrogens with one attached hydrogen (secondary N) is 2. The monoisotopic (exact) mass is 177 g/mol. The van der Waals surface area contributed by atoms with Gasteiger partial charge in [0, 0.05) is 5.69 Å². The molecule has 70 valence electrons. The second-order valence-corrected chi connectivity index (χ2v) is 3.32. The molecule has 0 atom stereocenters. The minimum atomic E-state index is -0.0303. The third-order valence-corrected chi connectivity index (χ3v) is 1.86. The highest BCUT2D eigenvalue weighted by atomic mass is 15.0. The summed E-state index contributed by atoms with van der Waals surface area (Å²) in [4.78, 5) is 0. The number of guanidine groups is 1. The smallest absolute Gasteiger partial charge is 0.190 e. The maximum absolute atomic E-state index is 7.04. The molecule has 0 aliphatic heterocycles. The van der Waals surface area contributed by atoms with Crippen molar-refractivity contribution >= 4 is 11.6 Å². The Balaban J connectivity index is 2.75. The number of nitrogens with two attached hydrogens (primary N) is 1. The quantitative estimate of drug-likeness (QED) is 0.478. The number of hydrogen-bond acceptors (Lipinski definition) is 1. The van der Waals surface area contributed by atoms with Gasteiger partial charge in [-0.2, -0.15) is 0 Å². The molecule has 4 N–H and O–H groups in total. The van der Waals surface area contributed by atoms with Crippen molar-refractivity contribution in [3.63, 3.8) is 0 Å². The van der Waals surface area contributed by atoms with E-state index in [9.17, 15) is 0 Å². The van der Waals surface area contributed by atoms with Crippen LogP contribution in [-0.2, 0) is 0 Å². The van der Waals surface area contributed by atoms with Crippen molar-refractivity contribution in [1.29, 1.82) is 5.41 Å². The van der Waals surface area contributed by atoms with Crippen LogP contribution in [0.1, 0.15) is 25.3 Å². The summed E-state index contributed by atoms with van der Waals surface area (Å²) in [6, 6.07) is 7.93. The molecular formula is C10H15N3. The van der Waals surface area contributed by atoms with Crippen LogP contribution in [0.2, 0.25) is 0 Å². The van der Waals surface area contributed by atoms with Crippen molar-refractivity contribution in [2.45, 2.75) is 19.8 Å². The number of anilines is 1. The second kappa shape index (κ2) is 3.94. The summed E-state index contributed by atoms with van der Waals surface area (Å²) in [5.41, 5.74) is 7.34. The van der Waals surface area contributed by atoms with Crippen LogP contribution < -0.4 is 11.1 Å². The Morgan fingerprint density at radius 2 is 1.85 bits per heavy atom. The molecule has 0 spiro atoms. The van der Waals surface area contributed by atoms with E-state index in [4.69, 9.17) is 11.1 Å². The van der Waals surface area contributed by atoms with Crippen molar-refractivity contribution in [1.82, 2.24) is 0 Å². The van der Waals surface area contributed by atoms with E-state index in [1.165, 1.54) is 5.56 Å². The lowest BCUT2D eigenvalue weighted by molar-refractivity contribution is 0.867. The van der Waals surface area contributed by atoms with Gasteiger partial charge in [-0.05, 0) is 23.6 Å². The van der Waals surface area contributed by atoms with Crippen LogP contribution in [-0.4, -0.2) is 5.96 Å². The molecule has 0 saturated carbocycles. The molecule has 0 saturated heterocycles. The van der Waals surface area contributed by atoms with Gasteiger partial charge in [0.2, 0.25) is 0 Å². The number of hydrogen-bond donors (Lipinski definition) is 3. The minimum Gasteiger partial charge on any atom is -0.370 e. The lowest BCUT2D eigenvalue weighted by Gasteiger charge is -2.07. The van der Waals surface area contributed by atoms with Gasteiger partial charge >= 0.3 is 0 Å². The highest BCUT2D eigenvalue weighted by Crippen LogP contribution is 2.16. The third-order valence-electron chi connectivity index (χ3n) is 1.86. The summed E-state index contributed by atoms with van der Waals surface area (Å²) in [5.74, 6) is 0.503. The Morgan fingerprint density at radius 3 is 2.23 bits per heavy atom. The molecule has 1 aromatic rings. The Bertz CT molecular complexity index is 288. The maximum Gasteiger partial charge on any atom is 0.190 e. The van der Waals surface area contributed by atoms with Crippen LogP contribution in [0.15, 0.2) is 24.3 Å². The third kappa shape index (κ3) is 2.78. The van der Waals surface area contributed by atoms with Gasteiger partial charge in [-0.1, -0.05) is 26.0 Å². The molecule has 1 aromatic carbocycles. The van der Waals surface area contributed by atoms with Crippen LogP contribution in [0.3, 0.4) is 0 Å². The highest BCUT2D eigenvalue weighted by Gasteiger charge is 1.98. The molecule has 0 radical (unpaired) electrons. The predicted molar refractivity (Wildman–Crippen MR) is 56.1 cm³/mol. The van der Waals surface area contributed by atoms with Crippen LogP contribution in [0.4, 0.5) is 5.69 Å². The molecule has 0 heterocycles. The van der Waals surface area contributed by atoms with E-state index >= 15 is 0 Å². The van der Waals surface area contributed by atoms with Crippen LogP contribution in [0.5, 0.6) is 0 Å².